The predicted molar refractivity (Wildman–Crippen MR) is 76.5 cm³/mol. The van der Waals surface area contributed by atoms with Crippen molar-refractivity contribution in [3.05, 3.63) is 29.6 Å². The van der Waals surface area contributed by atoms with Crippen molar-refractivity contribution in [2.45, 2.75) is 25.7 Å². The van der Waals surface area contributed by atoms with Crippen molar-refractivity contribution < 1.29 is 14.4 Å². The molecule has 2 saturated carbocycles. The van der Waals surface area contributed by atoms with Gasteiger partial charge < -0.3 is 16.3 Å². The molecule has 5 nitrogen and oxygen atoms in total. The predicted octanol–water partition coefficient (Wildman–Crippen LogP) is 2.29. The summed E-state index contributed by atoms with van der Waals surface area (Å²) in [6, 6.07) is 3.82. The van der Waals surface area contributed by atoms with E-state index in [9.17, 15) is 9.18 Å². The summed E-state index contributed by atoms with van der Waals surface area (Å²) in [5.41, 5.74) is 6.10. The minimum atomic E-state index is -0.505. The van der Waals surface area contributed by atoms with Gasteiger partial charge in [-0.3, -0.25) is 4.79 Å². The van der Waals surface area contributed by atoms with Gasteiger partial charge in [-0.2, -0.15) is 0 Å². The third-order valence-electron chi connectivity index (χ3n) is 4.58. The maximum absolute atomic E-state index is 13.3. The van der Waals surface area contributed by atoms with Crippen molar-refractivity contribution in [3.8, 4) is 0 Å². The second-order valence-electron chi connectivity index (χ2n) is 5.80. The molecule has 2 fully saturated rings. The first-order valence-electron chi connectivity index (χ1n) is 7.20. The van der Waals surface area contributed by atoms with E-state index in [1.807, 2.05) is 0 Å². The van der Waals surface area contributed by atoms with E-state index in [0.29, 0.717) is 17.5 Å². The largest absolute Gasteiger partial charge is 0.409 e. The third-order valence-corrected chi connectivity index (χ3v) is 4.58. The highest BCUT2D eigenvalue weighted by Crippen LogP contribution is 2.55. The number of amidine groups is 1. The molecule has 0 saturated heterocycles. The molecule has 1 aromatic carbocycles. The van der Waals surface area contributed by atoms with Gasteiger partial charge in [0.05, 0.1) is 5.69 Å². The van der Waals surface area contributed by atoms with Crippen molar-refractivity contribution in [1.29, 1.82) is 0 Å². The number of fused-ring (bicyclic) bond motifs is 1. The highest BCUT2D eigenvalue weighted by atomic mass is 19.1. The summed E-state index contributed by atoms with van der Waals surface area (Å²) in [4.78, 5) is 12.3. The van der Waals surface area contributed by atoms with E-state index in [-0.39, 0.29) is 23.2 Å². The number of carbonyl (C=O) groups is 1. The summed E-state index contributed by atoms with van der Waals surface area (Å²) in [6.45, 7) is 0. The zero-order valence-electron chi connectivity index (χ0n) is 11.6. The Morgan fingerprint density at radius 3 is 2.62 bits per heavy atom. The molecular weight excluding hydrogens is 273 g/mol. The zero-order chi connectivity index (χ0) is 15.0. The highest BCUT2D eigenvalue weighted by molar-refractivity contribution is 6.06. The molecule has 112 valence electrons. The SMILES string of the molecule is N/C(=N/O)c1cc(F)ccc1NC(=O)C1C2CCCCC21. The molecule has 2 aliphatic rings. The van der Waals surface area contributed by atoms with E-state index in [2.05, 4.69) is 10.5 Å². The molecule has 2 unspecified atom stereocenters. The molecule has 3 rings (SSSR count). The van der Waals surface area contributed by atoms with Crippen molar-refractivity contribution in [3.63, 3.8) is 0 Å². The molecule has 2 atom stereocenters. The van der Waals surface area contributed by atoms with Gasteiger partial charge in [-0.15, -0.1) is 0 Å². The Balaban J connectivity index is 1.77. The first-order valence-corrected chi connectivity index (χ1v) is 7.20. The number of rotatable bonds is 3. The Morgan fingerprint density at radius 2 is 2.00 bits per heavy atom. The molecule has 0 spiro atoms. The summed E-state index contributed by atoms with van der Waals surface area (Å²) < 4.78 is 13.3. The number of hydrogen-bond acceptors (Lipinski definition) is 3. The van der Waals surface area contributed by atoms with Crippen LogP contribution in [0.4, 0.5) is 10.1 Å². The van der Waals surface area contributed by atoms with Gasteiger partial charge in [0.1, 0.15) is 5.82 Å². The molecule has 2 aliphatic carbocycles. The number of benzene rings is 1. The van der Waals surface area contributed by atoms with E-state index in [1.165, 1.54) is 25.0 Å². The minimum absolute atomic E-state index is 0.0505. The maximum Gasteiger partial charge on any atom is 0.228 e. The molecule has 0 radical (unpaired) electrons. The van der Waals surface area contributed by atoms with Gasteiger partial charge in [-0.25, -0.2) is 4.39 Å². The molecular formula is C15H18FN3O2. The number of hydrogen-bond donors (Lipinski definition) is 3. The number of nitrogens with two attached hydrogens (primary N) is 1. The monoisotopic (exact) mass is 291 g/mol. The Bertz CT molecular complexity index is 591. The first kappa shape index (κ1) is 13.9. The molecule has 0 aromatic heterocycles. The second-order valence-corrected chi connectivity index (χ2v) is 5.80. The number of anilines is 1. The fourth-order valence-corrected chi connectivity index (χ4v) is 3.49. The van der Waals surface area contributed by atoms with Gasteiger partial charge in [0, 0.05) is 11.5 Å². The van der Waals surface area contributed by atoms with E-state index in [1.54, 1.807) is 0 Å². The van der Waals surface area contributed by atoms with Crippen LogP contribution < -0.4 is 11.1 Å². The van der Waals surface area contributed by atoms with Crippen LogP contribution in [0.15, 0.2) is 23.4 Å². The fraction of sp³-hybridized carbons (Fsp3) is 0.467. The Hall–Kier alpha value is -2.11. The van der Waals surface area contributed by atoms with Crippen LogP contribution in [0.2, 0.25) is 0 Å². The summed E-state index contributed by atoms with van der Waals surface area (Å²) >= 11 is 0. The average molecular weight is 291 g/mol. The lowest BCUT2D eigenvalue weighted by molar-refractivity contribution is -0.117. The van der Waals surface area contributed by atoms with Crippen LogP contribution >= 0.6 is 0 Å². The molecule has 4 N–H and O–H groups in total. The quantitative estimate of drug-likeness (QED) is 0.345. The summed E-state index contributed by atoms with van der Waals surface area (Å²) in [6.07, 6.45) is 4.60. The highest BCUT2D eigenvalue weighted by Gasteiger charge is 2.54. The maximum atomic E-state index is 13.3. The first-order chi connectivity index (χ1) is 10.1. The molecule has 6 heteroatoms. The minimum Gasteiger partial charge on any atom is -0.409 e. The van der Waals surface area contributed by atoms with Crippen molar-refractivity contribution in [2.75, 3.05) is 5.32 Å². The zero-order valence-corrected chi connectivity index (χ0v) is 11.6. The number of amides is 1. The van der Waals surface area contributed by atoms with E-state index >= 15 is 0 Å². The van der Waals surface area contributed by atoms with Crippen LogP contribution in [0.1, 0.15) is 31.2 Å². The van der Waals surface area contributed by atoms with Gasteiger partial charge >= 0.3 is 0 Å². The smallest absolute Gasteiger partial charge is 0.228 e. The topological polar surface area (TPSA) is 87.7 Å². The molecule has 0 heterocycles. The lowest BCUT2D eigenvalue weighted by Crippen LogP contribution is -2.21. The van der Waals surface area contributed by atoms with Gasteiger partial charge in [-0.1, -0.05) is 18.0 Å². The standard InChI is InChI=1S/C15H18FN3O2/c16-8-5-6-12(11(7-8)14(17)19-21)18-15(20)13-9-3-1-2-4-10(9)13/h5-7,9-10,13,21H,1-4H2,(H2,17,19)(H,18,20). The van der Waals surface area contributed by atoms with Gasteiger partial charge in [0.25, 0.3) is 0 Å². The van der Waals surface area contributed by atoms with Crippen LogP contribution in [0, 0.1) is 23.6 Å². The number of nitrogens with zero attached hydrogens (tertiary/aromatic N) is 1. The van der Waals surface area contributed by atoms with E-state index < -0.39 is 5.82 Å². The Morgan fingerprint density at radius 1 is 1.33 bits per heavy atom. The summed E-state index contributed by atoms with van der Waals surface area (Å²) in [5.74, 6) is 0.258. The van der Waals surface area contributed by atoms with Gasteiger partial charge in [-0.05, 0) is 42.9 Å². The normalized spacial score (nSPS) is 27.9. The van der Waals surface area contributed by atoms with Crippen LogP contribution in [0.25, 0.3) is 0 Å². The number of carbonyl (C=O) groups excluding carboxylic acids is 1. The van der Waals surface area contributed by atoms with Gasteiger partial charge in [0.2, 0.25) is 5.91 Å². The van der Waals surface area contributed by atoms with Crippen LogP contribution in [-0.2, 0) is 4.79 Å². The van der Waals surface area contributed by atoms with Crippen molar-refractivity contribution in [2.24, 2.45) is 28.6 Å². The van der Waals surface area contributed by atoms with Crippen LogP contribution in [0.5, 0.6) is 0 Å². The molecule has 0 aliphatic heterocycles. The number of nitrogens with one attached hydrogen (secondary N) is 1. The number of halogens is 1. The Labute approximate surface area is 122 Å². The lowest BCUT2D eigenvalue weighted by Gasteiger charge is -2.10. The fourth-order valence-electron chi connectivity index (χ4n) is 3.49. The van der Waals surface area contributed by atoms with Crippen LogP contribution in [-0.4, -0.2) is 17.0 Å². The van der Waals surface area contributed by atoms with E-state index in [0.717, 1.165) is 18.9 Å². The number of oxime groups is 1. The summed E-state index contributed by atoms with van der Waals surface area (Å²) in [5, 5.41) is 14.4. The average Bonchev–Trinajstić information content (AvgIpc) is 3.22. The van der Waals surface area contributed by atoms with Crippen LogP contribution in [0.3, 0.4) is 0 Å². The third kappa shape index (κ3) is 2.57. The molecule has 21 heavy (non-hydrogen) atoms. The van der Waals surface area contributed by atoms with Gasteiger partial charge in [0.15, 0.2) is 5.84 Å². The molecule has 0 bridgehead atoms. The molecule has 1 amide bonds. The lowest BCUT2D eigenvalue weighted by atomic mass is 10.0. The molecule has 1 aromatic rings. The van der Waals surface area contributed by atoms with Crippen molar-refractivity contribution in [1.82, 2.24) is 0 Å². The summed E-state index contributed by atoms with van der Waals surface area (Å²) in [7, 11) is 0. The Kier molecular flexibility index (Phi) is 3.53. The van der Waals surface area contributed by atoms with Crippen molar-refractivity contribution >= 4 is 17.4 Å². The second kappa shape index (κ2) is 5.35. The van der Waals surface area contributed by atoms with E-state index in [4.69, 9.17) is 10.9 Å².